The second kappa shape index (κ2) is 7.47. The van der Waals surface area contributed by atoms with Gasteiger partial charge in [-0.15, -0.1) is 11.3 Å². The summed E-state index contributed by atoms with van der Waals surface area (Å²) < 4.78 is 0. The first kappa shape index (κ1) is 15.1. The van der Waals surface area contributed by atoms with Crippen molar-refractivity contribution in [1.29, 1.82) is 0 Å². The molecule has 0 spiro atoms. The van der Waals surface area contributed by atoms with Crippen LogP contribution in [0.1, 0.15) is 25.0 Å². The largest absolute Gasteiger partial charge is 0.481 e. The van der Waals surface area contributed by atoms with E-state index in [2.05, 4.69) is 15.6 Å². The number of aromatic nitrogens is 1. The second-order valence-electron chi connectivity index (χ2n) is 3.84. The van der Waals surface area contributed by atoms with Gasteiger partial charge in [0.1, 0.15) is 0 Å². The number of carboxylic acids is 1. The van der Waals surface area contributed by atoms with Crippen molar-refractivity contribution in [1.82, 2.24) is 10.3 Å². The SMILES string of the molecule is Cc1csc(NC(=O)CCC(=O)NCCC(=O)O)n1. The lowest BCUT2D eigenvalue weighted by molar-refractivity contribution is -0.137. The first-order valence-corrected chi connectivity index (χ1v) is 6.56. The Morgan fingerprint density at radius 3 is 2.53 bits per heavy atom. The molecule has 7 nitrogen and oxygen atoms in total. The van der Waals surface area contributed by atoms with E-state index < -0.39 is 5.97 Å². The molecule has 2 amide bonds. The summed E-state index contributed by atoms with van der Waals surface area (Å²) in [7, 11) is 0. The van der Waals surface area contributed by atoms with Gasteiger partial charge in [0.25, 0.3) is 0 Å². The first-order valence-electron chi connectivity index (χ1n) is 5.68. The minimum absolute atomic E-state index is 0.0236. The van der Waals surface area contributed by atoms with Gasteiger partial charge in [-0.2, -0.15) is 0 Å². The molecule has 1 rings (SSSR count). The Morgan fingerprint density at radius 2 is 1.95 bits per heavy atom. The van der Waals surface area contributed by atoms with E-state index in [9.17, 15) is 14.4 Å². The van der Waals surface area contributed by atoms with Gasteiger partial charge in [-0.1, -0.05) is 0 Å². The number of carbonyl (C=O) groups is 3. The predicted octanol–water partition coefficient (Wildman–Crippen LogP) is 0.761. The highest BCUT2D eigenvalue weighted by Crippen LogP contribution is 2.14. The molecule has 0 aliphatic rings. The number of aliphatic carboxylic acids is 1. The van der Waals surface area contributed by atoms with E-state index >= 15 is 0 Å². The average Bonchev–Trinajstić information content (AvgIpc) is 2.71. The average molecular weight is 285 g/mol. The van der Waals surface area contributed by atoms with Crippen LogP contribution >= 0.6 is 11.3 Å². The highest BCUT2D eigenvalue weighted by Gasteiger charge is 2.09. The molecule has 0 fully saturated rings. The van der Waals surface area contributed by atoms with Gasteiger partial charge < -0.3 is 15.7 Å². The molecule has 0 aliphatic carbocycles. The molecule has 3 N–H and O–H groups in total. The van der Waals surface area contributed by atoms with Crippen molar-refractivity contribution in [2.75, 3.05) is 11.9 Å². The van der Waals surface area contributed by atoms with Crippen molar-refractivity contribution >= 4 is 34.3 Å². The van der Waals surface area contributed by atoms with Crippen LogP contribution in [0.3, 0.4) is 0 Å². The number of nitrogens with zero attached hydrogens (tertiary/aromatic N) is 1. The summed E-state index contributed by atoms with van der Waals surface area (Å²) in [6.07, 6.45) is -0.0658. The molecular weight excluding hydrogens is 270 g/mol. The number of nitrogens with one attached hydrogen (secondary N) is 2. The number of hydrogen-bond donors (Lipinski definition) is 3. The first-order chi connectivity index (χ1) is 8.97. The predicted molar refractivity (Wildman–Crippen MR) is 70.0 cm³/mol. The van der Waals surface area contributed by atoms with Gasteiger partial charge in [-0.3, -0.25) is 14.4 Å². The summed E-state index contributed by atoms with van der Waals surface area (Å²) >= 11 is 1.32. The van der Waals surface area contributed by atoms with Crippen molar-refractivity contribution in [3.8, 4) is 0 Å². The van der Waals surface area contributed by atoms with Crippen LogP contribution in [-0.4, -0.2) is 34.4 Å². The van der Waals surface area contributed by atoms with Gasteiger partial charge in [0.15, 0.2) is 5.13 Å². The van der Waals surface area contributed by atoms with Crippen LogP contribution in [0.2, 0.25) is 0 Å². The fraction of sp³-hybridized carbons (Fsp3) is 0.455. The van der Waals surface area contributed by atoms with Crippen LogP contribution in [0.5, 0.6) is 0 Å². The lowest BCUT2D eigenvalue weighted by Gasteiger charge is -2.03. The third-order valence-corrected chi connectivity index (χ3v) is 2.98. The van der Waals surface area contributed by atoms with Gasteiger partial charge in [0, 0.05) is 24.8 Å². The lowest BCUT2D eigenvalue weighted by atomic mass is 10.3. The number of rotatable bonds is 7. The molecule has 19 heavy (non-hydrogen) atoms. The molecular formula is C11H15N3O4S. The molecule has 0 unspecified atom stereocenters. The third-order valence-electron chi connectivity index (χ3n) is 2.11. The molecule has 104 valence electrons. The van der Waals surface area contributed by atoms with Gasteiger partial charge in [0.05, 0.1) is 12.1 Å². The quantitative estimate of drug-likeness (QED) is 0.685. The van der Waals surface area contributed by atoms with E-state index in [1.807, 2.05) is 12.3 Å². The van der Waals surface area contributed by atoms with Crippen molar-refractivity contribution in [3.05, 3.63) is 11.1 Å². The Bertz CT molecular complexity index is 472. The van der Waals surface area contributed by atoms with Crippen LogP contribution in [-0.2, 0) is 14.4 Å². The Labute approximate surface area is 114 Å². The van der Waals surface area contributed by atoms with Crippen molar-refractivity contribution in [3.63, 3.8) is 0 Å². The Balaban J connectivity index is 2.19. The number of hydrogen-bond acceptors (Lipinski definition) is 5. The van der Waals surface area contributed by atoms with Crippen LogP contribution < -0.4 is 10.6 Å². The number of carboxylic acid groups (broad SMARTS) is 1. The minimum Gasteiger partial charge on any atom is -0.481 e. The van der Waals surface area contributed by atoms with Crippen LogP contribution in [0.15, 0.2) is 5.38 Å². The number of aryl methyl sites for hydroxylation is 1. The maximum atomic E-state index is 11.5. The van der Waals surface area contributed by atoms with E-state index in [-0.39, 0.29) is 37.6 Å². The molecule has 0 aliphatic heterocycles. The normalized spacial score (nSPS) is 9.95. The lowest BCUT2D eigenvalue weighted by Crippen LogP contribution is -2.27. The van der Waals surface area contributed by atoms with E-state index in [1.165, 1.54) is 11.3 Å². The number of thiazole rings is 1. The standard InChI is InChI=1S/C11H15N3O4S/c1-7-6-19-11(13-7)14-9(16)3-2-8(15)12-5-4-10(17)18/h6H,2-5H2,1H3,(H,12,15)(H,17,18)(H,13,14,16). The molecule has 0 bridgehead atoms. The van der Waals surface area contributed by atoms with Gasteiger partial charge in [-0.25, -0.2) is 4.98 Å². The third kappa shape index (κ3) is 6.51. The Morgan fingerprint density at radius 1 is 1.26 bits per heavy atom. The molecule has 1 aromatic heterocycles. The fourth-order valence-electron chi connectivity index (χ4n) is 1.22. The van der Waals surface area contributed by atoms with Gasteiger partial charge >= 0.3 is 5.97 Å². The fourth-order valence-corrected chi connectivity index (χ4v) is 1.92. The van der Waals surface area contributed by atoms with Crippen LogP contribution in [0.25, 0.3) is 0 Å². The molecule has 0 aromatic carbocycles. The molecule has 0 saturated carbocycles. The minimum atomic E-state index is -0.975. The number of anilines is 1. The van der Waals surface area contributed by atoms with Gasteiger partial charge in [0.2, 0.25) is 11.8 Å². The van der Waals surface area contributed by atoms with E-state index in [4.69, 9.17) is 5.11 Å². The number of carbonyl (C=O) groups excluding carboxylic acids is 2. The molecule has 1 aromatic rings. The maximum Gasteiger partial charge on any atom is 0.305 e. The summed E-state index contributed by atoms with van der Waals surface area (Å²) in [6, 6.07) is 0. The molecule has 0 atom stereocenters. The molecule has 0 saturated heterocycles. The molecule has 8 heteroatoms. The summed E-state index contributed by atoms with van der Waals surface area (Å²) in [5.41, 5.74) is 0.826. The zero-order chi connectivity index (χ0) is 14.3. The Kier molecular flexibility index (Phi) is 5.94. The monoisotopic (exact) mass is 285 g/mol. The smallest absolute Gasteiger partial charge is 0.305 e. The maximum absolute atomic E-state index is 11.5. The molecule has 0 radical (unpaired) electrons. The van der Waals surface area contributed by atoms with Crippen LogP contribution in [0, 0.1) is 6.92 Å². The van der Waals surface area contributed by atoms with E-state index in [0.717, 1.165) is 5.69 Å². The van der Waals surface area contributed by atoms with Crippen molar-refractivity contribution in [2.45, 2.75) is 26.2 Å². The van der Waals surface area contributed by atoms with Gasteiger partial charge in [-0.05, 0) is 6.92 Å². The summed E-state index contributed by atoms with van der Waals surface area (Å²) in [6.45, 7) is 1.89. The van der Waals surface area contributed by atoms with E-state index in [1.54, 1.807) is 0 Å². The van der Waals surface area contributed by atoms with Crippen molar-refractivity contribution in [2.24, 2.45) is 0 Å². The zero-order valence-corrected chi connectivity index (χ0v) is 11.2. The van der Waals surface area contributed by atoms with E-state index in [0.29, 0.717) is 5.13 Å². The topological polar surface area (TPSA) is 108 Å². The summed E-state index contributed by atoms with van der Waals surface area (Å²) in [5.74, 6) is -1.60. The van der Waals surface area contributed by atoms with Crippen LogP contribution in [0.4, 0.5) is 5.13 Å². The molecule has 1 heterocycles. The summed E-state index contributed by atoms with van der Waals surface area (Å²) in [5, 5.41) is 15.7. The second-order valence-corrected chi connectivity index (χ2v) is 4.69. The highest BCUT2D eigenvalue weighted by atomic mass is 32.1. The Hall–Kier alpha value is -1.96. The summed E-state index contributed by atoms with van der Waals surface area (Å²) in [4.78, 5) is 37.1. The zero-order valence-electron chi connectivity index (χ0n) is 10.4. The highest BCUT2D eigenvalue weighted by molar-refractivity contribution is 7.13. The number of amides is 2. The van der Waals surface area contributed by atoms with Crippen molar-refractivity contribution < 1.29 is 19.5 Å².